The van der Waals surface area contributed by atoms with Gasteiger partial charge in [-0.2, -0.15) is 5.26 Å². The number of aromatic hydroxyl groups is 2. The van der Waals surface area contributed by atoms with Crippen LogP contribution in [0.2, 0.25) is 0 Å². The van der Waals surface area contributed by atoms with Crippen LogP contribution in [0.3, 0.4) is 0 Å². The number of carbonyl (C=O) groups is 2. The number of phenolic OH excluding ortho intramolecular Hbond substituents is 2. The van der Waals surface area contributed by atoms with Gasteiger partial charge >= 0.3 is 12.1 Å². The molecule has 0 aliphatic rings. The van der Waals surface area contributed by atoms with Gasteiger partial charge in [-0.1, -0.05) is 35.4 Å². The molecule has 0 heterocycles. The highest BCUT2D eigenvalue weighted by molar-refractivity contribution is 9.10. The monoisotopic (exact) mass is 630 g/mol. The fourth-order valence-electron chi connectivity index (χ4n) is 3.31. The molecule has 0 spiro atoms. The van der Waals surface area contributed by atoms with Crippen LogP contribution in [0.4, 0.5) is 38.0 Å². The molecule has 4 aromatic rings. The van der Waals surface area contributed by atoms with Gasteiger partial charge in [0.05, 0.1) is 41.5 Å². The van der Waals surface area contributed by atoms with E-state index >= 15 is 0 Å². The van der Waals surface area contributed by atoms with Crippen molar-refractivity contribution in [3.05, 3.63) is 105 Å². The Kier molecular flexibility index (Phi) is 11.0. The van der Waals surface area contributed by atoms with Gasteiger partial charge in [-0.25, -0.2) is 9.59 Å². The molecule has 0 atom stereocenters. The Hall–Kier alpha value is -5.90. The molecule has 0 aliphatic heterocycles. The predicted molar refractivity (Wildman–Crippen MR) is 162 cm³/mol. The maximum Gasteiger partial charge on any atom is 0.323 e. The third-order valence-corrected chi connectivity index (χ3v) is 5.93. The number of hydrogen-bond donors (Lipinski definition) is 6. The third kappa shape index (κ3) is 8.82. The average Bonchev–Trinajstić information content (AvgIpc) is 2.97. The molecule has 0 saturated heterocycles. The second kappa shape index (κ2) is 15.0. The van der Waals surface area contributed by atoms with Gasteiger partial charge in [0.15, 0.2) is 0 Å². The maximum absolute atomic E-state index is 11.9. The van der Waals surface area contributed by atoms with Gasteiger partial charge in [0, 0.05) is 15.1 Å². The van der Waals surface area contributed by atoms with Gasteiger partial charge in [-0.15, -0.1) is 0 Å². The molecule has 0 aliphatic carbocycles. The van der Waals surface area contributed by atoms with E-state index in [1.165, 1.54) is 43.5 Å². The van der Waals surface area contributed by atoms with E-state index in [9.17, 15) is 19.8 Å². The zero-order chi connectivity index (χ0) is 30.5. The molecule has 6 N–H and O–H groups in total. The summed E-state index contributed by atoms with van der Waals surface area (Å²) in [5.74, 6) is 0.201. The largest absolute Gasteiger partial charge is 0.506 e. The summed E-state index contributed by atoms with van der Waals surface area (Å²) >= 11 is 3.31. The summed E-state index contributed by atoms with van der Waals surface area (Å²) in [6.45, 7) is 0. The summed E-state index contributed by atoms with van der Waals surface area (Å²) in [5.41, 5.74) is 10.4. The molecule has 0 fully saturated rings. The van der Waals surface area contributed by atoms with Crippen molar-refractivity contribution < 1.29 is 24.5 Å². The van der Waals surface area contributed by atoms with Crippen molar-refractivity contribution in [2.75, 3.05) is 28.4 Å². The summed E-state index contributed by atoms with van der Waals surface area (Å²) in [6.07, 6.45) is 0. The van der Waals surface area contributed by atoms with Gasteiger partial charge in [0.25, 0.3) is 0 Å². The highest BCUT2D eigenvalue weighted by Gasteiger charge is 2.10. The van der Waals surface area contributed by atoms with E-state index in [1.807, 2.05) is 12.1 Å². The molecule has 0 radical (unpaired) electrons. The topological polar surface area (TPSA) is 204 Å². The summed E-state index contributed by atoms with van der Waals surface area (Å²) in [5, 5.41) is 41.8. The summed E-state index contributed by atoms with van der Waals surface area (Å²) in [7, 11) is 1.50. The molecular formula is C28H23BrN8O5. The number of nitrogens with zero attached hydrogens (tertiary/aromatic N) is 4. The number of urea groups is 2. The Labute approximate surface area is 248 Å². The standard InChI is InChI=1S/C14H10BrN3O2.C14H13N5O3/c15-10-3-1-2-4-11(10)17-14(20)18-12-7-9(8-16)5-6-13(12)19;1-22-13-5-3-2-4-11(13)17-14(21)16-10-7-6-9(18-19-15)8-12(10)20/h1-7,19H,(H2,17,18,20);2-8,20H,1H3,(H2,16,17,21). The van der Waals surface area contributed by atoms with E-state index in [-0.39, 0.29) is 28.6 Å². The SMILES string of the molecule is COc1ccccc1NC(=O)Nc1ccc(N=[N+]=[N-])cc1O.N#Cc1ccc(O)c(NC(=O)Nc2ccccc2Br)c1. The highest BCUT2D eigenvalue weighted by Crippen LogP contribution is 2.29. The minimum absolute atomic E-state index is 0.105. The van der Waals surface area contributed by atoms with Gasteiger partial charge < -0.3 is 36.2 Å². The lowest BCUT2D eigenvalue weighted by Gasteiger charge is -2.11. The van der Waals surface area contributed by atoms with Crippen molar-refractivity contribution in [2.45, 2.75) is 0 Å². The smallest absolute Gasteiger partial charge is 0.323 e. The van der Waals surface area contributed by atoms with E-state index in [0.29, 0.717) is 22.7 Å². The normalized spacial score (nSPS) is 9.55. The van der Waals surface area contributed by atoms with Crippen molar-refractivity contribution in [1.29, 1.82) is 5.26 Å². The molecule has 14 heteroatoms. The van der Waals surface area contributed by atoms with Crippen molar-refractivity contribution in [2.24, 2.45) is 5.11 Å². The fraction of sp³-hybridized carbons (Fsp3) is 0.0357. The Morgan fingerprint density at radius 2 is 1.45 bits per heavy atom. The molecule has 0 saturated carbocycles. The van der Waals surface area contributed by atoms with Crippen LogP contribution in [0.25, 0.3) is 10.4 Å². The van der Waals surface area contributed by atoms with Crippen LogP contribution in [0.5, 0.6) is 17.2 Å². The van der Waals surface area contributed by atoms with E-state index in [1.54, 1.807) is 42.5 Å². The first-order valence-corrected chi connectivity index (χ1v) is 12.7. The number of amides is 4. The number of phenols is 2. The number of ether oxygens (including phenoxy) is 1. The second-order valence-electron chi connectivity index (χ2n) is 8.07. The van der Waals surface area contributed by atoms with Crippen molar-refractivity contribution in [3.63, 3.8) is 0 Å². The molecular weight excluding hydrogens is 608 g/mol. The first-order valence-electron chi connectivity index (χ1n) is 11.9. The molecule has 0 bridgehead atoms. The lowest BCUT2D eigenvalue weighted by Crippen LogP contribution is -2.19. The van der Waals surface area contributed by atoms with Gasteiger partial charge in [0.1, 0.15) is 17.2 Å². The van der Waals surface area contributed by atoms with Crippen LogP contribution in [0, 0.1) is 11.3 Å². The quantitative estimate of drug-likeness (QED) is 0.0545. The number of methoxy groups -OCH3 is 1. The minimum Gasteiger partial charge on any atom is -0.506 e. The molecule has 4 rings (SSSR count). The van der Waals surface area contributed by atoms with Crippen LogP contribution in [-0.2, 0) is 0 Å². The fourth-order valence-corrected chi connectivity index (χ4v) is 3.69. The summed E-state index contributed by atoms with van der Waals surface area (Å²) in [4.78, 5) is 26.4. The number of azide groups is 1. The number of nitrogens with one attached hydrogen (secondary N) is 4. The first kappa shape index (κ1) is 30.6. The third-order valence-electron chi connectivity index (χ3n) is 5.24. The Morgan fingerprint density at radius 3 is 2.10 bits per heavy atom. The molecule has 0 aromatic heterocycles. The number of nitriles is 1. The van der Waals surface area contributed by atoms with E-state index in [4.69, 9.17) is 15.5 Å². The minimum atomic E-state index is -0.545. The lowest BCUT2D eigenvalue weighted by molar-refractivity contribution is 0.261. The molecule has 13 nitrogen and oxygen atoms in total. The Morgan fingerprint density at radius 1 is 0.833 bits per heavy atom. The maximum atomic E-state index is 11.9. The van der Waals surface area contributed by atoms with Crippen LogP contribution < -0.4 is 26.0 Å². The predicted octanol–water partition coefficient (Wildman–Crippen LogP) is 7.66. The number of rotatable bonds is 6. The molecule has 42 heavy (non-hydrogen) atoms. The van der Waals surface area contributed by atoms with Crippen LogP contribution >= 0.6 is 15.9 Å². The van der Waals surface area contributed by atoms with E-state index in [0.717, 1.165) is 4.47 Å². The van der Waals surface area contributed by atoms with Crippen molar-refractivity contribution in [1.82, 2.24) is 0 Å². The zero-order valence-electron chi connectivity index (χ0n) is 21.9. The first-order chi connectivity index (χ1) is 20.2. The number of hydrogen-bond acceptors (Lipinski definition) is 7. The Bertz CT molecular complexity index is 1690. The molecule has 212 valence electrons. The van der Waals surface area contributed by atoms with Crippen molar-refractivity contribution >= 4 is 56.4 Å². The molecule has 0 unspecified atom stereocenters. The van der Waals surface area contributed by atoms with E-state index in [2.05, 4.69) is 47.2 Å². The Balaban J connectivity index is 0.000000231. The van der Waals surface area contributed by atoms with Crippen LogP contribution in [-0.4, -0.2) is 29.4 Å². The average molecular weight is 631 g/mol. The van der Waals surface area contributed by atoms with Gasteiger partial charge in [-0.05, 0) is 76.1 Å². The second-order valence-corrected chi connectivity index (χ2v) is 8.93. The number of carbonyl (C=O) groups excluding carboxylic acids is 2. The number of anilines is 4. The van der Waals surface area contributed by atoms with Crippen LogP contribution in [0.15, 0.2) is 94.5 Å². The summed E-state index contributed by atoms with van der Waals surface area (Å²) < 4.78 is 5.87. The van der Waals surface area contributed by atoms with Crippen molar-refractivity contribution in [3.8, 4) is 23.3 Å². The summed E-state index contributed by atoms with van der Waals surface area (Å²) in [6, 6.07) is 23.3. The number of para-hydroxylation sites is 3. The van der Waals surface area contributed by atoms with E-state index < -0.39 is 12.1 Å². The highest BCUT2D eigenvalue weighted by atomic mass is 79.9. The number of halogens is 1. The lowest BCUT2D eigenvalue weighted by atomic mass is 10.2. The number of benzene rings is 4. The zero-order valence-corrected chi connectivity index (χ0v) is 23.5. The van der Waals surface area contributed by atoms with Gasteiger partial charge in [0.2, 0.25) is 0 Å². The van der Waals surface area contributed by atoms with Gasteiger partial charge in [-0.3, -0.25) is 0 Å². The molecule has 4 amide bonds. The molecule has 4 aromatic carbocycles. The van der Waals surface area contributed by atoms with Crippen LogP contribution in [0.1, 0.15) is 5.56 Å².